The summed E-state index contributed by atoms with van der Waals surface area (Å²) in [7, 11) is 0. The van der Waals surface area contributed by atoms with Crippen LogP contribution in [-0.2, 0) is 0 Å². The van der Waals surface area contributed by atoms with Crippen molar-refractivity contribution in [2.45, 2.75) is 0 Å². The van der Waals surface area contributed by atoms with Crippen molar-refractivity contribution < 1.29 is 18.7 Å². The number of phenols is 1. The van der Waals surface area contributed by atoms with Crippen molar-refractivity contribution in [1.29, 1.82) is 0 Å². The molecule has 0 spiro atoms. The number of carbonyl (C=O) groups excluding carboxylic acids is 1. The zero-order chi connectivity index (χ0) is 18.3. The van der Waals surface area contributed by atoms with Gasteiger partial charge in [-0.25, -0.2) is 18.7 Å². The number of imidazole rings is 1. The van der Waals surface area contributed by atoms with Crippen LogP contribution in [0.2, 0.25) is 0 Å². The number of aromatic nitrogens is 4. The van der Waals surface area contributed by atoms with Gasteiger partial charge in [-0.2, -0.15) is 0 Å². The van der Waals surface area contributed by atoms with Crippen LogP contribution >= 0.6 is 0 Å². The Balaban J connectivity index is 1.81. The molecule has 2 aromatic carbocycles. The number of aromatic hydroxyl groups is 1. The molecule has 8 heteroatoms. The highest BCUT2D eigenvalue weighted by atomic mass is 19.2. The summed E-state index contributed by atoms with van der Waals surface area (Å²) in [5.41, 5.74) is 0.482. The van der Waals surface area contributed by atoms with Gasteiger partial charge in [-0.1, -0.05) is 0 Å². The number of benzene rings is 2. The van der Waals surface area contributed by atoms with E-state index in [1.54, 1.807) is 35.6 Å². The lowest BCUT2D eigenvalue weighted by atomic mass is 10.0. The maximum absolute atomic E-state index is 13.9. The summed E-state index contributed by atoms with van der Waals surface area (Å²) in [5.74, 6) is -3.42. The van der Waals surface area contributed by atoms with Crippen LogP contribution in [-0.4, -0.2) is 30.4 Å². The summed E-state index contributed by atoms with van der Waals surface area (Å²) in [4.78, 5) is 25.1. The zero-order valence-electron chi connectivity index (χ0n) is 13.1. The van der Waals surface area contributed by atoms with Gasteiger partial charge in [-0.15, -0.1) is 0 Å². The van der Waals surface area contributed by atoms with Crippen LogP contribution in [0.3, 0.4) is 0 Å². The maximum atomic E-state index is 13.9. The molecule has 0 bridgehead atoms. The van der Waals surface area contributed by atoms with E-state index in [1.165, 1.54) is 12.1 Å². The summed E-state index contributed by atoms with van der Waals surface area (Å²) < 4.78 is 29.0. The number of hydrogen-bond acceptors (Lipinski definition) is 5. The normalized spacial score (nSPS) is 11.0. The van der Waals surface area contributed by atoms with Crippen LogP contribution in [0.15, 0.2) is 55.2 Å². The molecule has 0 fully saturated rings. The van der Waals surface area contributed by atoms with Crippen LogP contribution in [0.5, 0.6) is 5.75 Å². The minimum Gasteiger partial charge on any atom is -0.508 e. The van der Waals surface area contributed by atoms with Crippen LogP contribution < -0.4 is 0 Å². The molecule has 2 heterocycles. The van der Waals surface area contributed by atoms with Gasteiger partial charge >= 0.3 is 0 Å². The maximum Gasteiger partial charge on any atom is 0.196 e. The highest BCUT2D eigenvalue weighted by Gasteiger charge is 2.19. The van der Waals surface area contributed by atoms with Gasteiger partial charge in [0.1, 0.15) is 12.1 Å². The lowest BCUT2D eigenvalue weighted by molar-refractivity contribution is 0.103. The summed E-state index contributed by atoms with van der Waals surface area (Å²) >= 11 is 0. The fourth-order valence-corrected chi connectivity index (χ4v) is 2.56. The molecule has 0 aliphatic carbocycles. The molecule has 0 radical (unpaired) electrons. The third-order valence-corrected chi connectivity index (χ3v) is 3.82. The van der Waals surface area contributed by atoms with Crippen molar-refractivity contribution in [3.63, 3.8) is 0 Å². The Labute approximate surface area is 145 Å². The zero-order valence-corrected chi connectivity index (χ0v) is 13.1. The van der Waals surface area contributed by atoms with Crippen molar-refractivity contribution >= 4 is 16.8 Å². The SMILES string of the molecule is O=C(c1ccc2ncc(-n3ccnc3)nc2c1)c1cc(O)cc(F)c1F. The minimum absolute atomic E-state index is 0.0958. The Morgan fingerprint density at radius 2 is 1.96 bits per heavy atom. The molecule has 1 N–H and O–H groups in total. The summed E-state index contributed by atoms with van der Waals surface area (Å²) in [6.45, 7) is 0. The molecule has 0 aliphatic heterocycles. The van der Waals surface area contributed by atoms with Gasteiger partial charge in [0.25, 0.3) is 0 Å². The van der Waals surface area contributed by atoms with E-state index < -0.39 is 28.7 Å². The third kappa shape index (κ3) is 2.67. The molecular formula is C18H10F2N4O2. The second-order valence-corrected chi connectivity index (χ2v) is 5.52. The number of rotatable bonds is 3. The van der Waals surface area contributed by atoms with Gasteiger partial charge in [-0.05, 0) is 24.3 Å². The number of phenolic OH excluding ortho intramolecular Hbond substituents is 1. The number of hydrogen-bond donors (Lipinski definition) is 1. The van der Waals surface area contributed by atoms with Gasteiger partial charge in [0.05, 0.1) is 22.8 Å². The predicted octanol–water partition coefficient (Wildman–Crippen LogP) is 3.03. The number of carbonyl (C=O) groups is 1. The molecule has 0 amide bonds. The fourth-order valence-electron chi connectivity index (χ4n) is 2.56. The smallest absolute Gasteiger partial charge is 0.196 e. The van der Waals surface area contributed by atoms with Gasteiger partial charge < -0.3 is 5.11 Å². The Morgan fingerprint density at radius 1 is 1.12 bits per heavy atom. The van der Waals surface area contributed by atoms with E-state index in [9.17, 15) is 18.7 Å². The monoisotopic (exact) mass is 352 g/mol. The van der Waals surface area contributed by atoms with Crippen molar-refractivity contribution in [3.05, 3.63) is 78.0 Å². The first-order chi connectivity index (χ1) is 12.5. The summed E-state index contributed by atoms with van der Waals surface area (Å²) in [5, 5.41) is 9.44. The van der Waals surface area contributed by atoms with E-state index in [2.05, 4.69) is 15.0 Å². The molecule has 128 valence electrons. The van der Waals surface area contributed by atoms with Gasteiger partial charge in [0.2, 0.25) is 0 Å². The lowest BCUT2D eigenvalue weighted by Crippen LogP contribution is -2.06. The standard InChI is InChI=1S/C18H10F2N4O2/c19-13-7-11(25)6-12(17(13)20)18(26)10-1-2-14-15(5-10)23-16(8-22-14)24-4-3-21-9-24/h1-9,25H. The van der Waals surface area contributed by atoms with Crippen LogP contribution in [0.1, 0.15) is 15.9 Å². The number of ketones is 1. The average Bonchev–Trinajstić information content (AvgIpc) is 3.18. The Morgan fingerprint density at radius 3 is 2.73 bits per heavy atom. The van der Waals surface area contributed by atoms with E-state index in [-0.39, 0.29) is 5.56 Å². The molecule has 0 unspecified atom stereocenters. The van der Waals surface area contributed by atoms with E-state index >= 15 is 0 Å². The van der Waals surface area contributed by atoms with Crippen molar-refractivity contribution in [2.24, 2.45) is 0 Å². The number of nitrogens with zero attached hydrogens (tertiary/aromatic N) is 4. The first kappa shape index (κ1) is 15.8. The molecule has 0 saturated carbocycles. The van der Waals surface area contributed by atoms with E-state index in [1.807, 2.05) is 0 Å². The molecular weight excluding hydrogens is 342 g/mol. The van der Waals surface area contributed by atoms with E-state index in [0.717, 1.165) is 6.07 Å². The first-order valence-corrected chi connectivity index (χ1v) is 7.51. The predicted molar refractivity (Wildman–Crippen MR) is 88.1 cm³/mol. The molecule has 0 saturated heterocycles. The van der Waals surface area contributed by atoms with Gasteiger partial charge in [-0.3, -0.25) is 14.3 Å². The minimum atomic E-state index is -1.31. The number of halogens is 2. The quantitative estimate of drug-likeness (QED) is 0.573. The first-order valence-electron chi connectivity index (χ1n) is 7.51. The molecule has 4 aromatic rings. The second-order valence-electron chi connectivity index (χ2n) is 5.52. The largest absolute Gasteiger partial charge is 0.508 e. The molecule has 0 aliphatic rings. The number of fused-ring (bicyclic) bond motifs is 1. The topological polar surface area (TPSA) is 80.9 Å². The molecule has 2 aromatic heterocycles. The van der Waals surface area contributed by atoms with Gasteiger partial charge in [0.15, 0.2) is 23.2 Å². The Kier molecular flexibility index (Phi) is 3.65. The van der Waals surface area contributed by atoms with Gasteiger partial charge in [0, 0.05) is 24.0 Å². The van der Waals surface area contributed by atoms with Crippen LogP contribution in [0.4, 0.5) is 8.78 Å². The molecule has 6 nitrogen and oxygen atoms in total. The Hall–Kier alpha value is -3.68. The van der Waals surface area contributed by atoms with Crippen molar-refractivity contribution in [2.75, 3.05) is 0 Å². The molecule has 0 atom stereocenters. The third-order valence-electron chi connectivity index (χ3n) is 3.82. The molecule has 26 heavy (non-hydrogen) atoms. The highest BCUT2D eigenvalue weighted by molar-refractivity contribution is 6.10. The summed E-state index contributed by atoms with van der Waals surface area (Å²) in [6.07, 6.45) is 6.38. The van der Waals surface area contributed by atoms with Crippen LogP contribution in [0.25, 0.3) is 16.9 Å². The van der Waals surface area contributed by atoms with Crippen LogP contribution in [0, 0.1) is 11.6 Å². The highest BCUT2D eigenvalue weighted by Crippen LogP contribution is 2.23. The van der Waals surface area contributed by atoms with E-state index in [4.69, 9.17) is 0 Å². The fraction of sp³-hybridized carbons (Fsp3) is 0. The lowest BCUT2D eigenvalue weighted by Gasteiger charge is -2.07. The van der Waals surface area contributed by atoms with Crippen molar-refractivity contribution in [3.8, 4) is 11.6 Å². The summed E-state index contributed by atoms with van der Waals surface area (Å²) in [6, 6.07) is 5.93. The Bertz CT molecular complexity index is 1140. The van der Waals surface area contributed by atoms with E-state index in [0.29, 0.717) is 22.9 Å². The second kappa shape index (κ2) is 5.99. The average molecular weight is 352 g/mol. The van der Waals surface area contributed by atoms with Crippen molar-refractivity contribution in [1.82, 2.24) is 19.5 Å². The molecule has 4 rings (SSSR count).